The third-order valence-corrected chi connectivity index (χ3v) is 4.07. The van der Waals surface area contributed by atoms with E-state index in [-0.39, 0.29) is 0 Å². The van der Waals surface area contributed by atoms with Crippen LogP contribution in [0.3, 0.4) is 0 Å². The Balaban J connectivity index is 1.72. The summed E-state index contributed by atoms with van der Waals surface area (Å²) in [5.74, 6) is 0. The predicted molar refractivity (Wildman–Crippen MR) is 81.1 cm³/mol. The van der Waals surface area contributed by atoms with Gasteiger partial charge in [0.25, 0.3) is 0 Å². The van der Waals surface area contributed by atoms with Crippen LogP contribution in [0, 0.1) is 6.92 Å². The molecule has 1 aromatic carbocycles. The van der Waals surface area contributed by atoms with Gasteiger partial charge in [-0.25, -0.2) is 4.98 Å². The number of fused-ring (bicyclic) bond motifs is 2. The first-order chi connectivity index (χ1) is 9.81. The lowest BCUT2D eigenvalue weighted by Gasteiger charge is -2.16. The Kier molecular flexibility index (Phi) is 2.52. The van der Waals surface area contributed by atoms with Gasteiger partial charge in [0.05, 0.1) is 17.4 Å². The molecule has 1 aliphatic rings. The number of nitrogens with one attached hydrogen (secondary N) is 1. The van der Waals surface area contributed by atoms with Gasteiger partial charge in [0.1, 0.15) is 0 Å². The summed E-state index contributed by atoms with van der Waals surface area (Å²) in [6.45, 7) is 2.03. The van der Waals surface area contributed by atoms with Gasteiger partial charge in [0.15, 0.2) is 5.65 Å². The van der Waals surface area contributed by atoms with E-state index in [1.54, 1.807) is 0 Å². The Morgan fingerprint density at radius 1 is 1.20 bits per heavy atom. The van der Waals surface area contributed by atoms with Crippen molar-refractivity contribution in [3.8, 4) is 0 Å². The second-order valence-corrected chi connectivity index (χ2v) is 5.47. The van der Waals surface area contributed by atoms with Crippen LogP contribution < -0.4 is 5.32 Å². The first kappa shape index (κ1) is 11.5. The molecule has 0 fully saturated rings. The fourth-order valence-electron chi connectivity index (χ4n) is 3.14. The van der Waals surface area contributed by atoms with Crippen molar-refractivity contribution in [1.82, 2.24) is 9.38 Å². The summed E-state index contributed by atoms with van der Waals surface area (Å²) >= 11 is 0. The summed E-state index contributed by atoms with van der Waals surface area (Å²) in [5.41, 5.74) is 6.07. The molecule has 2 aromatic heterocycles. The van der Waals surface area contributed by atoms with Crippen molar-refractivity contribution < 1.29 is 0 Å². The van der Waals surface area contributed by atoms with Crippen molar-refractivity contribution in [3.05, 3.63) is 65.6 Å². The molecule has 3 nitrogen and oxygen atoms in total. The highest BCUT2D eigenvalue weighted by Crippen LogP contribution is 2.34. The van der Waals surface area contributed by atoms with Gasteiger partial charge in [-0.15, -0.1) is 0 Å². The summed E-state index contributed by atoms with van der Waals surface area (Å²) in [4.78, 5) is 4.61. The molecule has 0 aliphatic heterocycles. The number of benzene rings is 1. The monoisotopic (exact) mass is 263 g/mol. The van der Waals surface area contributed by atoms with Gasteiger partial charge >= 0.3 is 0 Å². The standard InChI is InChI=1S/C17H17N3/c1-12-11-20-10-4-7-16(17(20)18-12)19-15-9-8-13-5-2-3-6-14(13)15/h2-7,10-11,15,19H,8-9H2,1H3. The Morgan fingerprint density at radius 2 is 2.10 bits per heavy atom. The number of aryl methyl sites for hydroxylation is 2. The molecule has 1 aliphatic carbocycles. The molecule has 0 amide bonds. The van der Waals surface area contributed by atoms with Crippen molar-refractivity contribution >= 4 is 11.3 Å². The third-order valence-electron chi connectivity index (χ3n) is 4.07. The molecule has 1 atom stereocenters. The van der Waals surface area contributed by atoms with Crippen molar-refractivity contribution in [3.63, 3.8) is 0 Å². The maximum absolute atomic E-state index is 4.61. The molecule has 1 N–H and O–H groups in total. The van der Waals surface area contributed by atoms with Crippen LogP contribution in [0.2, 0.25) is 0 Å². The van der Waals surface area contributed by atoms with E-state index < -0.39 is 0 Å². The van der Waals surface area contributed by atoms with E-state index in [0.717, 1.165) is 29.9 Å². The van der Waals surface area contributed by atoms with Crippen LogP contribution >= 0.6 is 0 Å². The Morgan fingerprint density at radius 3 is 3.05 bits per heavy atom. The van der Waals surface area contributed by atoms with Gasteiger partial charge < -0.3 is 9.72 Å². The fourth-order valence-corrected chi connectivity index (χ4v) is 3.14. The van der Waals surface area contributed by atoms with Gasteiger partial charge in [-0.05, 0) is 43.0 Å². The number of nitrogens with zero attached hydrogens (tertiary/aromatic N) is 2. The van der Waals surface area contributed by atoms with Gasteiger partial charge in [-0.2, -0.15) is 0 Å². The smallest absolute Gasteiger partial charge is 0.160 e. The minimum Gasteiger partial charge on any atom is -0.375 e. The second-order valence-electron chi connectivity index (χ2n) is 5.47. The zero-order valence-corrected chi connectivity index (χ0v) is 11.5. The zero-order valence-electron chi connectivity index (χ0n) is 11.5. The number of anilines is 1. The number of aromatic nitrogens is 2. The van der Waals surface area contributed by atoms with E-state index >= 15 is 0 Å². The molecule has 20 heavy (non-hydrogen) atoms. The molecule has 100 valence electrons. The van der Waals surface area contributed by atoms with Crippen molar-refractivity contribution in [2.75, 3.05) is 5.32 Å². The number of rotatable bonds is 2. The molecule has 0 radical (unpaired) electrons. The van der Waals surface area contributed by atoms with Crippen LogP contribution in [0.25, 0.3) is 5.65 Å². The third kappa shape index (κ3) is 1.78. The maximum Gasteiger partial charge on any atom is 0.160 e. The molecule has 0 saturated carbocycles. The van der Waals surface area contributed by atoms with Crippen LogP contribution in [0.4, 0.5) is 5.69 Å². The van der Waals surface area contributed by atoms with Crippen LogP contribution in [0.15, 0.2) is 48.8 Å². The Labute approximate surface area is 118 Å². The quantitative estimate of drug-likeness (QED) is 0.763. The van der Waals surface area contributed by atoms with Crippen LogP contribution in [-0.2, 0) is 6.42 Å². The lowest BCUT2D eigenvalue weighted by atomic mass is 10.1. The van der Waals surface area contributed by atoms with E-state index in [4.69, 9.17) is 0 Å². The molecule has 3 heteroatoms. The predicted octanol–water partition coefficient (Wildman–Crippen LogP) is 3.74. The molecule has 0 saturated heterocycles. The highest BCUT2D eigenvalue weighted by molar-refractivity contribution is 5.68. The van der Waals surface area contributed by atoms with E-state index in [1.165, 1.54) is 11.1 Å². The summed E-state index contributed by atoms with van der Waals surface area (Å²) < 4.78 is 2.08. The molecule has 2 heterocycles. The highest BCUT2D eigenvalue weighted by Gasteiger charge is 2.22. The first-order valence-corrected chi connectivity index (χ1v) is 7.10. The topological polar surface area (TPSA) is 29.3 Å². The number of hydrogen-bond acceptors (Lipinski definition) is 2. The molecule has 1 unspecified atom stereocenters. The summed E-state index contributed by atoms with van der Waals surface area (Å²) in [6.07, 6.45) is 6.41. The molecule has 0 spiro atoms. The highest BCUT2D eigenvalue weighted by atomic mass is 15.0. The molecule has 0 bridgehead atoms. The summed E-state index contributed by atoms with van der Waals surface area (Å²) in [5, 5.41) is 3.67. The van der Waals surface area contributed by atoms with Crippen molar-refractivity contribution in [2.45, 2.75) is 25.8 Å². The van der Waals surface area contributed by atoms with Crippen molar-refractivity contribution in [2.24, 2.45) is 0 Å². The Bertz CT molecular complexity index is 773. The van der Waals surface area contributed by atoms with Crippen molar-refractivity contribution in [1.29, 1.82) is 0 Å². The van der Waals surface area contributed by atoms with Crippen LogP contribution in [0.5, 0.6) is 0 Å². The van der Waals surface area contributed by atoms with Gasteiger partial charge in [0, 0.05) is 12.4 Å². The average molecular weight is 263 g/mol. The maximum atomic E-state index is 4.61. The minimum absolute atomic E-state index is 0.398. The molecular weight excluding hydrogens is 246 g/mol. The van der Waals surface area contributed by atoms with E-state index in [2.05, 4.69) is 57.3 Å². The van der Waals surface area contributed by atoms with Gasteiger partial charge in [-0.1, -0.05) is 24.3 Å². The molecule has 4 rings (SSSR count). The second kappa shape index (κ2) is 4.37. The normalized spacial score (nSPS) is 17.4. The van der Waals surface area contributed by atoms with E-state index in [0.29, 0.717) is 6.04 Å². The SMILES string of the molecule is Cc1cn2cccc(NC3CCc4ccccc43)c2n1. The summed E-state index contributed by atoms with van der Waals surface area (Å²) in [6, 6.07) is 13.3. The average Bonchev–Trinajstić information content (AvgIpc) is 3.03. The number of hydrogen-bond donors (Lipinski definition) is 1. The lowest BCUT2D eigenvalue weighted by Crippen LogP contribution is -2.08. The van der Waals surface area contributed by atoms with E-state index in [1.807, 2.05) is 13.1 Å². The molecular formula is C17H17N3. The summed E-state index contributed by atoms with van der Waals surface area (Å²) in [7, 11) is 0. The van der Waals surface area contributed by atoms with Gasteiger partial charge in [-0.3, -0.25) is 0 Å². The zero-order chi connectivity index (χ0) is 13.5. The number of pyridine rings is 1. The number of imidazole rings is 1. The minimum atomic E-state index is 0.398. The molecule has 3 aromatic rings. The van der Waals surface area contributed by atoms with Crippen LogP contribution in [-0.4, -0.2) is 9.38 Å². The van der Waals surface area contributed by atoms with Crippen LogP contribution in [0.1, 0.15) is 29.3 Å². The Hall–Kier alpha value is -2.29. The van der Waals surface area contributed by atoms with E-state index in [9.17, 15) is 0 Å². The van der Waals surface area contributed by atoms with Gasteiger partial charge in [0.2, 0.25) is 0 Å². The lowest BCUT2D eigenvalue weighted by molar-refractivity contribution is 0.762. The first-order valence-electron chi connectivity index (χ1n) is 7.10. The fraction of sp³-hybridized carbons (Fsp3) is 0.235. The largest absolute Gasteiger partial charge is 0.375 e.